The van der Waals surface area contributed by atoms with Crippen molar-refractivity contribution >= 4 is 21.7 Å². The molecule has 1 aromatic carbocycles. The van der Waals surface area contributed by atoms with Gasteiger partial charge in [0.1, 0.15) is 0 Å². The second-order valence-corrected chi connectivity index (χ2v) is 7.02. The molecule has 0 aliphatic heterocycles. The Labute approximate surface area is 125 Å². The monoisotopic (exact) mass is 333 g/mol. The lowest BCUT2D eigenvalue weighted by atomic mass is 10.1. The standard InChI is InChI=1S/C13H13F2NO5S/c14-12(15)22(20,21)9-3-1-8(2-4-9)10(17)16-7-13(5-6-13)11(18)19/h1-4,12H,5-7H2,(H,16,17)(H,18,19). The molecule has 0 saturated heterocycles. The Balaban J connectivity index is 2.05. The van der Waals surface area contributed by atoms with Gasteiger partial charge in [-0.3, -0.25) is 9.59 Å². The second kappa shape index (κ2) is 5.64. The lowest BCUT2D eigenvalue weighted by Crippen LogP contribution is -2.34. The quantitative estimate of drug-likeness (QED) is 0.817. The van der Waals surface area contributed by atoms with Crippen molar-refractivity contribution in [2.75, 3.05) is 6.54 Å². The largest absolute Gasteiger partial charge is 0.481 e. The van der Waals surface area contributed by atoms with Gasteiger partial charge in [0, 0.05) is 12.1 Å². The number of hydrogen-bond acceptors (Lipinski definition) is 4. The number of hydrogen-bond donors (Lipinski definition) is 2. The Kier molecular flexibility index (Phi) is 4.19. The molecular formula is C13H13F2NO5S. The van der Waals surface area contributed by atoms with E-state index >= 15 is 0 Å². The summed E-state index contributed by atoms with van der Waals surface area (Å²) in [5.41, 5.74) is -0.858. The highest BCUT2D eigenvalue weighted by Gasteiger charge is 2.50. The van der Waals surface area contributed by atoms with Gasteiger partial charge >= 0.3 is 11.7 Å². The summed E-state index contributed by atoms with van der Waals surface area (Å²) in [5, 5.41) is 11.4. The first kappa shape index (κ1) is 16.3. The molecule has 0 spiro atoms. The molecule has 1 amide bonds. The fraction of sp³-hybridized carbons (Fsp3) is 0.385. The molecule has 0 unspecified atom stereocenters. The molecule has 1 aromatic rings. The van der Waals surface area contributed by atoms with Crippen molar-refractivity contribution in [1.29, 1.82) is 0 Å². The van der Waals surface area contributed by atoms with Crippen LogP contribution in [0.4, 0.5) is 8.78 Å². The van der Waals surface area contributed by atoms with Crippen molar-refractivity contribution in [2.24, 2.45) is 5.41 Å². The van der Waals surface area contributed by atoms with E-state index in [0.29, 0.717) is 12.8 Å². The van der Waals surface area contributed by atoms with Gasteiger partial charge in [-0.05, 0) is 37.1 Å². The van der Waals surface area contributed by atoms with Crippen molar-refractivity contribution in [1.82, 2.24) is 5.32 Å². The van der Waals surface area contributed by atoms with Gasteiger partial charge in [-0.2, -0.15) is 8.78 Å². The average Bonchev–Trinajstić information content (AvgIpc) is 3.26. The molecule has 0 bridgehead atoms. The van der Waals surface area contributed by atoms with Gasteiger partial charge in [-0.25, -0.2) is 8.42 Å². The molecule has 6 nitrogen and oxygen atoms in total. The average molecular weight is 333 g/mol. The molecule has 9 heteroatoms. The topological polar surface area (TPSA) is 101 Å². The van der Waals surface area contributed by atoms with Crippen LogP contribution in [0.15, 0.2) is 29.2 Å². The van der Waals surface area contributed by atoms with Crippen LogP contribution in [0.1, 0.15) is 23.2 Å². The third kappa shape index (κ3) is 3.08. The summed E-state index contributed by atoms with van der Waals surface area (Å²) in [4.78, 5) is 22.2. The third-order valence-electron chi connectivity index (χ3n) is 3.57. The normalized spacial score (nSPS) is 16.3. The van der Waals surface area contributed by atoms with Gasteiger partial charge < -0.3 is 10.4 Å². The maximum Gasteiger partial charge on any atom is 0.341 e. The number of benzene rings is 1. The molecule has 1 saturated carbocycles. The van der Waals surface area contributed by atoms with E-state index in [-0.39, 0.29) is 12.1 Å². The van der Waals surface area contributed by atoms with Crippen LogP contribution >= 0.6 is 0 Å². The molecule has 22 heavy (non-hydrogen) atoms. The van der Waals surface area contributed by atoms with E-state index in [4.69, 9.17) is 5.11 Å². The lowest BCUT2D eigenvalue weighted by molar-refractivity contribution is -0.143. The number of amides is 1. The first-order valence-corrected chi connectivity index (χ1v) is 7.87. The number of nitrogens with one attached hydrogen (secondary N) is 1. The highest BCUT2D eigenvalue weighted by atomic mass is 32.2. The summed E-state index contributed by atoms with van der Waals surface area (Å²) in [6, 6.07) is 4.04. The number of carboxylic acids is 1. The van der Waals surface area contributed by atoms with Crippen LogP contribution in [-0.2, 0) is 14.6 Å². The van der Waals surface area contributed by atoms with E-state index in [1.807, 2.05) is 0 Å². The first-order valence-electron chi connectivity index (χ1n) is 6.33. The molecule has 1 fully saturated rings. The zero-order valence-corrected chi connectivity index (χ0v) is 12.1. The molecule has 1 aliphatic carbocycles. The smallest absolute Gasteiger partial charge is 0.341 e. The van der Waals surface area contributed by atoms with Crippen molar-refractivity contribution in [2.45, 2.75) is 23.5 Å². The first-order chi connectivity index (χ1) is 10.2. The lowest BCUT2D eigenvalue weighted by Gasteiger charge is -2.11. The Morgan fingerprint density at radius 2 is 1.77 bits per heavy atom. The minimum absolute atomic E-state index is 0.0295. The van der Waals surface area contributed by atoms with E-state index in [1.54, 1.807) is 0 Å². The molecule has 2 N–H and O–H groups in total. The summed E-state index contributed by atoms with van der Waals surface area (Å²) in [6.45, 7) is -0.0295. The highest BCUT2D eigenvalue weighted by molar-refractivity contribution is 7.91. The van der Waals surface area contributed by atoms with Crippen molar-refractivity contribution in [3.05, 3.63) is 29.8 Å². The SMILES string of the molecule is O=C(NCC1(C(=O)O)CC1)c1ccc(S(=O)(=O)C(F)F)cc1. The molecule has 0 heterocycles. The molecular weight excluding hydrogens is 320 g/mol. The molecule has 1 aliphatic rings. The molecule has 120 valence electrons. The van der Waals surface area contributed by atoms with Gasteiger partial charge in [-0.1, -0.05) is 0 Å². The Morgan fingerprint density at radius 1 is 1.23 bits per heavy atom. The van der Waals surface area contributed by atoms with E-state index < -0.39 is 37.8 Å². The summed E-state index contributed by atoms with van der Waals surface area (Å²) in [5.74, 6) is -5.10. The molecule has 0 aromatic heterocycles. The molecule has 0 radical (unpaired) electrons. The predicted octanol–water partition coefficient (Wildman–Crippen LogP) is 1.28. The predicted molar refractivity (Wildman–Crippen MR) is 71.3 cm³/mol. The summed E-state index contributed by atoms with van der Waals surface area (Å²) in [6.07, 6.45) is 0.961. The van der Waals surface area contributed by atoms with Crippen LogP contribution < -0.4 is 5.32 Å². The number of carbonyl (C=O) groups is 2. The highest BCUT2D eigenvalue weighted by Crippen LogP contribution is 2.45. The fourth-order valence-corrected chi connectivity index (χ4v) is 2.59. The number of halogens is 2. The van der Waals surface area contributed by atoms with Crippen LogP contribution in [0.3, 0.4) is 0 Å². The van der Waals surface area contributed by atoms with Gasteiger partial charge in [0.2, 0.25) is 9.84 Å². The van der Waals surface area contributed by atoms with Crippen molar-refractivity contribution in [3.63, 3.8) is 0 Å². The van der Waals surface area contributed by atoms with Crippen LogP contribution in [0.25, 0.3) is 0 Å². The molecule has 0 atom stereocenters. The van der Waals surface area contributed by atoms with Crippen molar-refractivity contribution < 1.29 is 31.9 Å². The number of carbonyl (C=O) groups excluding carboxylic acids is 1. The van der Waals surface area contributed by atoms with E-state index in [9.17, 15) is 26.8 Å². The minimum atomic E-state index is -4.70. The summed E-state index contributed by atoms with van der Waals surface area (Å²) >= 11 is 0. The van der Waals surface area contributed by atoms with Crippen LogP contribution in [0.2, 0.25) is 0 Å². The van der Waals surface area contributed by atoms with E-state index in [1.165, 1.54) is 0 Å². The van der Waals surface area contributed by atoms with Crippen LogP contribution in [-0.4, -0.2) is 37.7 Å². The van der Waals surface area contributed by atoms with Crippen molar-refractivity contribution in [3.8, 4) is 0 Å². The van der Waals surface area contributed by atoms with E-state index in [0.717, 1.165) is 24.3 Å². The Bertz CT molecular complexity index is 696. The zero-order valence-electron chi connectivity index (χ0n) is 11.3. The number of alkyl halides is 2. The number of sulfone groups is 1. The number of rotatable bonds is 6. The summed E-state index contributed by atoms with van der Waals surface area (Å²) < 4.78 is 47.2. The van der Waals surface area contributed by atoms with Gasteiger partial charge in [0.15, 0.2) is 0 Å². The Morgan fingerprint density at radius 3 is 2.18 bits per heavy atom. The van der Waals surface area contributed by atoms with Gasteiger partial charge in [0.25, 0.3) is 5.91 Å². The molecule has 2 rings (SSSR count). The zero-order chi connectivity index (χ0) is 16.5. The van der Waals surface area contributed by atoms with Crippen LogP contribution in [0.5, 0.6) is 0 Å². The maximum absolute atomic E-state index is 12.4. The Hall–Kier alpha value is -2.03. The third-order valence-corrected chi connectivity index (χ3v) is 4.97. The fourth-order valence-electron chi connectivity index (χ4n) is 1.87. The van der Waals surface area contributed by atoms with Crippen LogP contribution in [0, 0.1) is 5.41 Å². The minimum Gasteiger partial charge on any atom is -0.481 e. The number of aliphatic carboxylic acids is 1. The number of carboxylic acid groups (broad SMARTS) is 1. The second-order valence-electron chi connectivity index (χ2n) is 5.10. The summed E-state index contributed by atoms with van der Waals surface area (Å²) in [7, 11) is -4.70. The maximum atomic E-state index is 12.4. The van der Waals surface area contributed by atoms with Gasteiger partial charge in [0.05, 0.1) is 10.3 Å². The van der Waals surface area contributed by atoms with E-state index in [2.05, 4.69) is 5.32 Å². The van der Waals surface area contributed by atoms with Gasteiger partial charge in [-0.15, -0.1) is 0 Å².